The van der Waals surface area contributed by atoms with Crippen molar-refractivity contribution in [3.8, 4) is 0 Å². The number of hydrogen-bond acceptors (Lipinski definition) is 4. The average molecular weight is 393 g/mol. The van der Waals surface area contributed by atoms with Crippen molar-refractivity contribution in [3.63, 3.8) is 0 Å². The molecular weight excluding hydrogens is 376 g/mol. The molecule has 7 heteroatoms. The second kappa shape index (κ2) is 8.65. The molecule has 0 fully saturated rings. The van der Waals surface area contributed by atoms with Gasteiger partial charge >= 0.3 is 0 Å². The number of halogens is 1. The Hall–Kier alpha value is -1.63. The Kier molecular flexibility index (Phi) is 6.29. The first kappa shape index (κ1) is 18.2. The lowest BCUT2D eigenvalue weighted by molar-refractivity contribution is -0.123. The minimum absolute atomic E-state index is 0.108. The minimum Gasteiger partial charge on any atom is -0.355 e. The maximum atomic E-state index is 12.1. The van der Waals surface area contributed by atoms with Gasteiger partial charge in [0.05, 0.1) is 10.9 Å². The molecule has 1 aliphatic heterocycles. The molecule has 0 spiro atoms. The molecule has 1 unspecified atom stereocenters. The van der Waals surface area contributed by atoms with E-state index in [4.69, 9.17) is 11.6 Å². The summed E-state index contributed by atoms with van der Waals surface area (Å²) in [6.07, 6.45) is 0.177. The topological polar surface area (TPSA) is 58.2 Å². The van der Waals surface area contributed by atoms with Crippen molar-refractivity contribution in [1.82, 2.24) is 5.32 Å². The Morgan fingerprint density at radius 2 is 1.96 bits per heavy atom. The summed E-state index contributed by atoms with van der Waals surface area (Å²) in [6.45, 7) is 0.557. The molecule has 2 amide bonds. The molecule has 130 valence electrons. The van der Waals surface area contributed by atoms with Crippen LogP contribution in [-0.2, 0) is 9.59 Å². The highest BCUT2D eigenvalue weighted by Crippen LogP contribution is 2.36. The number of para-hydroxylation sites is 1. The van der Waals surface area contributed by atoms with Gasteiger partial charge in [0.25, 0.3) is 0 Å². The standard InChI is InChI=1S/C18H17ClN2O2S2/c19-12-5-7-13(8-6-12)24-10-9-20-17(22)11-16-18(23)21-14-3-1-2-4-15(14)25-16/h1-8,16H,9-11H2,(H,20,22)(H,21,23). The minimum atomic E-state index is -0.390. The number of fused-ring (bicyclic) bond motifs is 1. The molecule has 1 atom stereocenters. The molecule has 0 aromatic heterocycles. The van der Waals surface area contributed by atoms with Gasteiger partial charge in [0.1, 0.15) is 0 Å². The molecule has 2 aromatic carbocycles. The van der Waals surface area contributed by atoms with Crippen LogP contribution >= 0.6 is 35.1 Å². The highest BCUT2D eigenvalue weighted by atomic mass is 35.5. The molecular formula is C18H17ClN2O2S2. The molecule has 0 saturated heterocycles. The third kappa shape index (κ3) is 5.17. The number of carbonyl (C=O) groups is 2. The summed E-state index contributed by atoms with van der Waals surface area (Å²) in [5, 5.41) is 6.05. The Bertz CT molecular complexity index is 768. The van der Waals surface area contributed by atoms with Gasteiger partial charge in [-0.05, 0) is 36.4 Å². The molecule has 3 rings (SSSR count). The number of hydrogen-bond donors (Lipinski definition) is 2. The van der Waals surface area contributed by atoms with Gasteiger partial charge in [-0.2, -0.15) is 0 Å². The summed E-state index contributed by atoms with van der Waals surface area (Å²) < 4.78 is 0. The molecule has 0 aliphatic carbocycles. The van der Waals surface area contributed by atoms with E-state index in [-0.39, 0.29) is 23.5 Å². The van der Waals surface area contributed by atoms with Gasteiger partial charge in [-0.3, -0.25) is 9.59 Å². The van der Waals surface area contributed by atoms with E-state index in [0.717, 1.165) is 21.2 Å². The van der Waals surface area contributed by atoms with Crippen LogP contribution in [0.4, 0.5) is 5.69 Å². The van der Waals surface area contributed by atoms with E-state index in [1.807, 2.05) is 48.5 Å². The number of nitrogens with one attached hydrogen (secondary N) is 2. The second-order valence-electron chi connectivity index (χ2n) is 5.45. The van der Waals surface area contributed by atoms with Crippen molar-refractivity contribution >= 4 is 52.6 Å². The summed E-state index contributed by atoms with van der Waals surface area (Å²) in [5.41, 5.74) is 0.813. The fourth-order valence-electron chi connectivity index (χ4n) is 2.36. The molecule has 0 saturated carbocycles. The Balaban J connectivity index is 1.42. The van der Waals surface area contributed by atoms with Crippen LogP contribution in [0.2, 0.25) is 5.02 Å². The fraction of sp³-hybridized carbons (Fsp3) is 0.222. The summed E-state index contributed by atoms with van der Waals surface area (Å²) in [6, 6.07) is 15.2. The van der Waals surface area contributed by atoms with Crippen molar-refractivity contribution in [2.45, 2.75) is 21.5 Å². The molecule has 25 heavy (non-hydrogen) atoms. The highest BCUT2D eigenvalue weighted by Gasteiger charge is 2.28. The summed E-state index contributed by atoms with van der Waals surface area (Å²) in [5.74, 6) is 0.540. The molecule has 2 aromatic rings. The smallest absolute Gasteiger partial charge is 0.238 e. The zero-order chi connectivity index (χ0) is 17.6. The first-order valence-corrected chi connectivity index (χ1v) is 10.1. The van der Waals surface area contributed by atoms with E-state index in [0.29, 0.717) is 11.6 Å². The van der Waals surface area contributed by atoms with Crippen LogP contribution < -0.4 is 10.6 Å². The van der Waals surface area contributed by atoms with Crippen LogP contribution in [0.1, 0.15) is 6.42 Å². The lowest BCUT2D eigenvalue weighted by Gasteiger charge is -2.23. The van der Waals surface area contributed by atoms with Crippen molar-refractivity contribution in [3.05, 3.63) is 53.6 Å². The lowest BCUT2D eigenvalue weighted by atomic mass is 10.2. The molecule has 2 N–H and O–H groups in total. The number of rotatable bonds is 6. The van der Waals surface area contributed by atoms with Crippen LogP contribution in [0.5, 0.6) is 0 Å². The normalized spacial score (nSPS) is 16.0. The maximum absolute atomic E-state index is 12.1. The van der Waals surface area contributed by atoms with Crippen LogP contribution in [0.15, 0.2) is 58.3 Å². The van der Waals surface area contributed by atoms with E-state index in [2.05, 4.69) is 10.6 Å². The van der Waals surface area contributed by atoms with Gasteiger partial charge in [0, 0.05) is 33.5 Å². The quantitative estimate of drug-likeness (QED) is 0.575. The van der Waals surface area contributed by atoms with E-state index in [9.17, 15) is 9.59 Å². The van der Waals surface area contributed by atoms with Crippen molar-refractivity contribution in [2.75, 3.05) is 17.6 Å². The third-order valence-corrected chi connectivity index (χ3v) is 6.12. The lowest BCUT2D eigenvalue weighted by Crippen LogP contribution is -2.35. The van der Waals surface area contributed by atoms with E-state index in [1.54, 1.807) is 11.8 Å². The SMILES string of the molecule is O=C(CC1Sc2ccccc2NC1=O)NCCSc1ccc(Cl)cc1. The van der Waals surface area contributed by atoms with Crippen LogP contribution in [0.3, 0.4) is 0 Å². The van der Waals surface area contributed by atoms with Crippen LogP contribution in [0, 0.1) is 0 Å². The Morgan fingerprint density at radius 1 is 1.20 bits per heavy atom. The second-order valence-corrected chi connectivity index (χ2v) is 8.30. The van der Waals surface area contributed by atoms with Crippen LogP contribution in [0.25, 0.3) is 0 Å². The number of thioether (sulfide) groups is 2. The molecule has 1 aliphatic rings. The van der Waals surface area contributed by atoms with E-state index >= 15 is 0 Å². The number of carbonyl (C=O) groups excluding carboxylic acids is 2. The first-order valence-electron chi connectivity index (χ1n) is 7.83. The Morgan fingerprint density at radius 3 is 2.76 bits per heavy atom. The monoisotopic (exact) mass is 392 g/mol. The van der Waals surface area contributed by atoms with E-state index in [1.165, 1.54) is 11.8 Å². The van der Waals surface area contributed by atoms with E-state index < -0.39 is 0 Å². The van der Waals surface area contributed by atoms with Gasteiger partial charge in [0.2, 0.25) is 11.8 Å². The molecule has 0 bridgehead atoms. The number of amides is 2. The number of anilines is 1. The largest absolute Gasteiger partial charge is 0.355 e. The summed E-state index contributed by atoms with van der Waals surface area (Å²) in [7, 11) is 0. The van der Waals surface area contributed by atoms with Crippen molar-refractivity contribution in [2.24, 2.45) is 0 Å². The van der Waals surface area contributed by atoms with Gasteiger partial charge in [-0.15, -0.1) is 23.5 Å². The van der Waals surface area contributed by atoms with Crippen molar-refractivity contribution in [1.29, 1.82) is 0 Å². The maximum Gasteiger partial charge on any atom is 0.238 e. The van der Waals surface area contributed by atoms with Crippen molar-refractivity contribution < 1.29 is 9.59 Å². The fourth-order valence-corrected chi connectivity index (χ4v) is 4.36. The average Bonchev–Trinajstić information content (AvgIpc) is 2.61. The van der Waals surface area contributed by atoms with Crippen LogP contribution in [-0.4, -0.2) is 29.4 Å². The Labute approximate surface area is 160 Å². The summed E-state index contributed by atoms with van der Waals surface area (Å²) in [4.78, 5) is 26.3. The molecule has 1 heterocycles. The summed E-state index contributed by atoms with van der Waals surface area (Å²) >= 11 is 8.94. The predicted octanol–water partition coefficient (Wildman–Crippen LogP) is 4.05. The first-order chi connectivity index (χ1) is 12.1. The predicted molar refractivity (Wildman–Crippen MR) is 105 cm³/mol. The molecule has 4 nitrogen and oxygen atoms in total. The van der Waals surface area contributed by atoms with Gasteiger partial charge in [0.15, 0.2) is 0 Å². The van der Waals surface area contributed by atoms with Gasteiger partial charge < -0.3 is 10.6 Å². The number of benzene rings is 2. The van der Waals surface area contributed by atoms with Gasteiger partial charge in [-0.1, -0.05) is 23.7 Å². The highest BCUT2D eigenvalue weighted by molar-refractivity contribution is 8.01. The van der Waals surface area contributed by atoms with Gasteiger partial charge in [-0.25, -0.2) is 0 Å². The molecule has 0 radical (unpaired) electrons. The third-order valence-electron chi connectivity index (χ3n) is 3.58. The zero-order valence-electron chi connectivity index (χ0n) is 13.3. The zero-order valence-corrected chi connectivity index (χ0v) is 15.7.